The maximum Gasteiger partial charge on any atom is 0.412 e. The van der Waals surface area contributed by atoms with E-state index in [0.717, 1.165) is 4.67 Å². The fourth-order valence-electron chi connectivity index (χ4n) is 0.839. The standard InChI is InChI=1S/C8H16Br4NO5P/c9-1-7(11)3-17-19(16,13(5-14)6-15)18-4-8(12)2-10/h7-8,14-15H,1-6H2. The molecule has 19 heavy (non-hydrogen) atoms. The van der Waals surface area contributed by atoms with E-state index >= 15 is 0 Å². The molecule has 0 rings (SSSR count). The maximum absolute atomic E-state index is 12.5. The Labute approximate surface area is 146 Å². The highest BCUT2D eigenvalue weighted by Gasteiger charge is 2.34. The van der Waals surface area contributed by atoms with Gasteiger partial charge in [-0.2, -0.15) is 4.67 Å². The highest BCUT2D eigenvalue weighted by atomic mass is 79.9. The number of hydrogen-bond donors (Lipinski definition) is 2. The van der Waals surface area contributed by atoms with Gasteiger partial charge in [-0.15, -0.1) is 0 Å². The number of aliphatic hydroxyl groups is 2. The van der Waals surface area contributed by atoms with Crippen LogP contribution in [0.2, 0.25) is 0 Å². The lowest BCUT2D eigenvalue weighted by Gasteiger charge is -2.27. The van der Waals surface area contributed by atoms with E-state index in [1.54, 1.807) is 0 Å². The van der Waals surface area contributed by atoms with Crippen molar-refractivity contribution >= 4 is 71.5 Å². The van der Waals surface area contributed by atoms with E-state index in [9.17, 15) is 4.57 Å². The summed E-state index contributed by atoms with van der Waals surface area (Å²) in [6, 6.07) is 0. The van der Waals surface area contributed by atoms with Gasteiger partial charge in [-0.05, 0) is 0 Å². The largest absolute Gasteiger partial charge is 0.412 e. The molecule has 0 aliphatic carbocycles. The van der Waals surface area contributed by atoms with Gasteiger partial charge in [0, 0.05) is 20.3 Å². The lowest BCUT2D eigenvalue weighted by Crippen LogP contribution is -2.27. The van der Waals surface area contributed by atoms with Gasteiger partial charge in [0.25, 0.3) is 0 Å². The topological polar surface area (TPSA) is 79.2 Å². The highest BCUT2D eigenvalue weighted by molar-refractivity contribution is 9.12. The predicted molar refractivity (Wildman–Crippen MR) is 88.5 cm³/mol. The molecule has 0 aromatic carbocycles. The van der Waals surface area contributed by atoms with Crippen molar-refractivity contribution < 1.29 is 23.8 Å². The zero-order valence-electron chi connectivity index (χ0n) is 9.92. The number of nitrogens with zero attached hydrogens (tertiary/aromatic N) is 1. The number of hydrogen-bond acceptors (Lipinski definition) is 5. The summed E-state index contributed by atoms with van der Waals surface area (Å²) in [6.07, 6.45) is 0. The molecule has 0 aliphatic rings. The molecule has 0 amide bonds. The minimum atomic E-state index is -3.73. The Morgan fingerprint density at radius 3 is 1.63 bits per heavy atom. The summed E-state index contributed by atoms with van der Waals surface area (Å²) >= 11 is 13.1. The molecule has 0 bridgehead atoms. The van der Waals surface area contributed by atoms with Gasteiger partial charge < -0.3 is 10.2 Å². The Morgan fingerprint density at radius 2 is 1.37 bits per heavy atom. The molecule has 0 saturated carbocycles. The van der Waals surface area contributed by atoms with Crippen molar-refractivity contribution in [2.24, 2.45) is 0 Å². The lowest BCUT2D eigenvalue weighted by atomic mass is 10.5. The number of halogens is 4. The predicted octanol–water partition coefficient (Wildman–Crippen LogP) is 2.65. The van der Waals surface area contributed by atoms with E-state index in [1.807, 2.05) is 0 Å². The third-order valence-corrected chi connectivity index (χ3v) is 8.22. The summed E-state index contributed by atoms with van der Waals surface area (Å²) in [4.78, 5) is -0.112. The van der Waals surface area contributed by atoms with Crippen LogP contribution in [0.15, 0.2) is 0 Å². The molecule has 116 valence electrons. The molecule has 2 N–H and O–H groups in total. The molecule has 0 fully saturated rings. The van der Waals surface area contributed by atoms with Gasteiger partial charge in [0.2, 0.25) is 0 Å². The molecular weight excluding hydrogens is 541 g/mol. The van der Waals surface area contributed by atoms with Crippen molar-refractivity contribution in [3.63, 3.8) is 0 Å². The molecule has 0 spiro atoms. The summed E-state index contributed by atoms with van der Waals surface area (Å²) in [5.41, 5.74) is 0. The molecule has 2 unspecified atom stereocenters. The first-order valence-corrected chi connectivity index (χ1v) is 10.8. The van der Waals surface area contributed by atoms with E-state index in [-0.39, 0.29) is 22.9 Å². The third kappa shape index (κ3) is 8.23. The molecule has 0 radical (unpaired) electrons. The zero-order chi connectivity index (χ0) is 14.9. The minimum Gasteiger partial charge on any atom is -0.380 e. The molecule has 2 atom stereocenters. The molecule has 6 nitrogen and oxygen atoms in total. The number of alkyl halides is 4. The normalized spacial score (nSPS) is 18.3. The molecule has 0 aromatic rings. The summed E-state index contributed by atoms with van der Waals surface area (Å²) in [5, 5.41) is 19.4. The average Bonchev–Trinajstić information content (AvgIpc) is 2.43. The SMILES string of the molecule is O=P(OCC(Br)CBr)(OCC(Br)CBr)N(CO)CO. The summed E-state index contributed by atoms with van der Waals surface area (Å²) in [6.45, 7) is -1.03. The quantitative estimate of drug-likeness (QED) is 0.232. The van der Waals surface area contributed by atoms with Crippen LogP contribution in [0, 0.1) is 0 Å². The van der Waals surface area contributed by atoms with Crippen LogP contribution >= 0.6 is 71.5 Å². The van der Waals surface area contributed by atoms with E-state index in [2.05, 4.69) is 63.7 Å². The van der Waals surface area contributed by atoms with Crippen LogP contribution in [0.25, 0.3) is 0 Å². The monoisotopic (exact) mass is 553 g/mol. The fraction of sp³-hybridized carbons (Fsp3) is 1.00. The van der Waals surface area contributed by atoms with Crippen LogP contribution < -0.4 is 0 Å². The molecular formula is C8H16Br4NO5P. The Balaban J connectivity index is 4.66. The average molecular weight is 557 g/mol. The molecule has 0 heterocycles. The third-order valence-electron chi connectivity index (χ3n) is 1.84. The fourth-order valence-corrected chi connectivity index (χ4v) is 3.33. The first kappa shape index (κ1) is 20.9. The molecule has 0 aliphatic heterocycles. The first-order valence-electron chi connectivity index (χ1n) is 5.19. The molecule has 0 saturated heterocycles. The second-order valence-corrected chi connectivity index (χ2v) is 9.26. The molecule has 11 heteroatoms. The Morgan fingerprint density at radius 1 is 1.00 bits per heavy atom. The van der Waals surface area contributed by atoms with Crippen LogP contribution in [0.5, 0.6) is 0 Å². The van der Waals surface area contributed by atoms with Gasteiger partial charge in [-0.1, -0.05) is 63.7 Å². The smallest absolute Gasteiger partial charge is 0.380 e. The molecule has 0 aromatic heterocycles. The summed E-state index contributed by atoms with van der Waals surface area (Å²) in [5.74, 6) is 0. The van der Waals surface area contributed by atoms with Crippen molar-refractivity contribution in [2.75, 3.05) is 37.3 Å². The van der Waals surface area contributed by atoms with Crippen LogP contribution in [-0.4, -0.2) is 61.9 Å². The minimum absolute atomic E-state index is 0.0559. The zero-order valence-corrected chi connectivity index (χ0v) is 17.2. The van der Waals surface area contributed by atoms with Crippen molar-refractivity contribution in [1.82, 2.24) is 4.67 Å². The van der Waals surface area contributed by atoms with Gasteiger partial charge in [0.05, 0.1) is 13.2 Å². The van der Waals surface area contributed by atoms with Gasteiger partial charge in [0.1, 0.15) is 13.5 Å². The van der Waals surface area contributed by atoms with Crippen LogP contribution in [0.1, 0.15) is 0 Å². The van der Waals surface area contributed by atoms with Gasteiger partial charge in [-0.25, -0.2) is 4.57 Å². The van der Waals surface area contributed by atoms with E-state index in [0.29, 0.717) is 10.7 Å². The van der Waals surface area contributed by atoms with Crippen LogP contribution in [-0.2, 0) is 13.6 Å². The van der Waals surface area contributed by atoms with Crippen molar-refractivity contribution in [3.05, 3.63) is 0 Å². The van der Waals surface area contributed by atoms with E-state index in [1.165, 1.54) is 0 Å². The van der Waals surface area contributed by atoms with E-state index in [4.69, 9.17) is 19.3 Å². The second-order valence-electron chi connectivity index (χ2n) is 3.35. The summed E-state index contributed by atoms with van der Waals surface area (Å²) in [7, 11) is -3.73. The lowest BCUT2D eigenvalue weighted by molar-refractivity contribution is 0.0517. The van der Waals surface area contributed by atoms with Crippen molar-refractivity contribution in [2.45, 2.75) is 9.65 Å². The van der Waals surface area contributed by atoms with Crippen molar-refractivity contribution in [3.8, 4) is 0 Å². The Hall–Kier alpha value is 1.95. The summed E-state index contributed by atoms with van der Waals surface area (Å²) < 4.78 is 23.8. The number of aliphatic hydroxyl groups excluding tert-OH is 2. The Kier molecular flexibility index (Phi) is 12.7. The number of rotatable bonds is 11. The Bertz CT molecular complexity index is 266. The van der Waals surface area contributed by atoms with Gasteiger partial charge in [-0.3, -0.25) is 9.05 Å². The maximum atomic E-state index is 12.5. The van der Waals surface area contributed by atoms with Gasteiger partial charge >= 0.3 is 7.75 Å². The van der Waals surface area contributed by atoms with Crippen molar-refractivity contribution in [1.29, 1.82) is 0 Å². The van der Waals surface area contributed by atoms with Crippen LogP contribution in [0.4, 0.5) is 0 Å². The first-order chi connectivity index (χ1) is 8.93. The van der Waals surface area contributed by atoms with Gasteiger partial charge in [0.15, 0.2) is 0 Å². The second kappa shape index (κ2) is 11.5. The van der Waals surface area contributed by atoms with E-state index < -0.39 is 21.2 Å². The van der Waals surface area contributed by atoms with Crippen LogP contribution in [0.3, 0.4) is 0 Å². The highest BCUT2D eigenvalue weighted by Crippen LogP contribution is 2.52.